The second-order valence-electron chi connectivity index (χ2n) is 4.00. The van der Waals surface area contributed by atoms with Crippen LogP contribution in [0, 0.1) is 0 Å². The van der Waals surface area contributed by atoms with E-state index in [9.17, 15) is 0 Å². The van der Waals surface area contributed by atoms with Crippen LogP contribution in [0.15, 0.2) is 11.6 Å². The molecule has 3 atom stereocenters. The summed E-state index contributed by atoms with van der Waals surface area (Å²) < 4.78 is 3.38. The van der Waals surface area contributed by atoms with Gasteiger partial charge in [-0.1, -0.05) is 12.8 Å². The lowest BCUT2D eigenvalue weighted by Gasteiger charge is -2.32. The summed E-state index contributed by atoms with van der Waals surface area (Å²) >= 11 is 1.68. The molecule has 0 amide bonds. The number of hydrogen-bond acceptors (Lipinski definition) is 4. The van der Waals surface area contributed by atoms with E-state index in [1.807, 2.05) is 0 Å². The SMILES string of the molecule is C1=CN2C(NS1)NC1CCCCC12. The third-order valence-corrected chi connectivity index (χ3v) is 3.88. The first-order valence-electron chi connectivity index (χ1n) is 5.06. The van der Waals surface area contributed by atoms with Crippen molar-refractivity contribution in [2.24, 2.45) is 0 Å². The van der Waals surface area contributed by atoms with E-state index in [-0.39, 0.29) is 0 Å². The fraction of sp³-hybridized carbons (Fsp3) is 0.778. The van der Waals surface area contributed by atoms with Crippen molar-refractivity contribution in [3.8, 4) is 0 Å². The standard InChI is InChI=1S/C9H15N3S/c1-2-4-8-7(3-1)10-9-11-13-6-5-12(8)9/h5-11H,1-4H2. The van der Waals surface area contributed by atoms with Crippen molar-refractivity contribution in [1.29, 1.82) is 0 Å². The average molecular weight is 197 g/mol. The molecule has 2 heterocycles. The van der Waals surface area contributed by atoms with Gasteiger partial charge in [0.2, 0.25) is 0 Å². The molecule has 1 saturated carbocycles. The average Bonchev–Trinajstić information content (AvgIpc) is 2.56. The van der Waals surface area contributed by atoms with Gasteiger partial charge in [-0.2, -0.15) is 0 Å². The summed E-state index contributed by atoms with van der Waals surface area (Å²) in [6.45, 7) is 0. The summed E-state index contributed by atoms with van der Waals surface area (Å²) in [5.41, 5.74) is 0. The Morgan fingerprint density at radius 2 is 2.23 bits per heavy atom. The minimum Gasteiger partial charge on any atom is -0.344 e. The second kappa shape index (κ2) is 3.19. The molecule has 0 bridgehead atoms. The quantitative estimate of drug-likeness (QED) is 0.571. The Kier molecular flexibility index (Phi) is 2.00. The smallest absolute Gasteiger partial charge is 0.144 e. The largest absolute Gasteiger partial charge is 0.344 e. The lowest BCUT2D eigenvalue weighted by atomic mass is 9.91. The molecule has 2 aliphatic heterocycles. The molecule has 1 aliphatic carbocycles. The Bertz CT molecular complexity index is 231. The molecule has 0 aromatic carbocycles. The van der Waals surface area contributed by atoms with Crippen LogP contribution >= 0.6 is 11.9 Å². The lowest BCUT2D eigenvalue weighted by molar-refractivity contribution is 0.227. The van der Waals surface area contributed by atoms with Gasteiger partial charge in [0, 0.05) is 23.7 Å². The molecule has 4 heteroatoms. The van der Waals surface area contributed by atoms with Crippen LogP contribution in [-0.2, 0) is 0 Å². The highest BCUT2D eigenvalue weighted by Crippen LogP contribution is 2.31. The third kappa shape index (κ3) is 1.28. The Labute approximate surface area is 83.1 Å². The molecule has 2 N–H and O–H groups in total. The Morgan fingerprint density at radius 1 is 1.31 bits per heavy atom. The van der Waals surface area contributed by atoms with Gasteiger partial charge in [0.1, 0.15) is 6.29 Å². The highest BCUT2D eigenvalue weighted by Gasteiger charge is 2.40. The van der Waals surface area contributed by atoms with Crippen molar-refractivity contribution < 1.29 is 0 Å². The van der Waals surface area contributed by atoms with Gasteiger partial charge in [-0.3, -0.25) is 5.32 Å². The zero-order chi connectivity index (χ0) is 8.67. The van der Waals surface area contributed by atoms with Crippen LogP contribution in [0.2, 0.25) is 0 Å². The Hall–Kier alpha value is -0.190. The second-order valence-corrected chi connectivity index (χ2v) is 4.74. The van der Waals surface area contributed by atoms with Gasteiger partial charge in [-0.25, -0.2) is 4.72 Å². The zero-order valence-corrected chi connectivity index (χ0v) is 8.39. The summed E-state index contributed by atoms with van der Waals surface area (Å²) in [5, 5.41) is 5.77. The van der Waals surface area contributed by atoms with Crippen molar-refractivity contribution in [3.05, 3.63) is 11.6 Å². The third-order valence-electron chi connectivity index (χ3n) is 3.26. The van der Waals surface area contributed by atoms with E-state index in [4.69, 9.17) is 0 Å². The number of nitrogens with one attached hydrogen (secondary N) is 2. The van der Waals surface area contributed by atoms with Crippen LogP contribution in [0.5, 0.6) is 0 Å². The summed E-state index contributed by atoms with van der Waals surface area (Å²) in [7, 11) is 0. The number of hydrogen-bond donors (Lipinski definition) is 2. The number of rotatable bonds is 0. The van der Waals surface area contributed by atoms with Gasteiger partial charge >= 0.3 is 0 Å². The van der Waals surface area contributed by atoms with Gasteiger partial charge < -0.3 is 4.90 Å². The fourth-order valence-corrected chi connectivity index (χ4v) is 3.24. The lowest BCUT2D eigenvalue weighted by Crippen LogP contribution is -2.45. The van der Waals surface area contributed by atoms with Crippen LogP contribution in [0.25, 0.3) is 0 Å². The molecular weight excluding hydrogens is 182 g/mol. The van der Waals surface area contributed by atoms with Crippen LogP contribution in [0.4, 0.5) is 0 Å². The minimum absolute atomic E-state index is 0.378. The van der Waals surface area contributed by atoms with Gasteiger partial charge in [0.25, 0.3) is 0 Å². The molecule has 13 heavy (non-hydrogen) atoms. The first-order chi connectivity index (χ1) is 6.45. The predicted octanol–water partition coefficient (Wildman–Crippen LogP) is 1.21. The maximum Gasteiger partial charge on any atom is 0.144 e. The molecule has 72 valence electrons. The fourth-order valence-electron chi connectivity index (χ4n) is 2.64. The number of fused-ring (bicyclic) bond motifs is 3. The van der Waals surface area contributed by atoms with E-state index in [2.05, 4.69) is 26.5 Å². The molecule has 0 spiro atoms. The molecule has 3 rings (SSSR count). The summed E-state index contributed by atoms with van der Waals surface area (Å²) in [6, 6.07) is 1.46. The maximum absolute atomic E-state index is 3.64. The first-order valence-corrected chi connectivity index (χ1v) is 5.94. The molecule has 3 aliphatic rings. The molecule has 0 aromatic heterocycles. The molecular formula is C9H15N3S. The van der Waals surface area contributed by atoms with Gasteiger partial charge in [0.15, 0.2) is 0 Å². The molecule has 0 aromatic rings. The normalized spacial score (nSPS) is 43.1. The first kappa shape index (κ1) is 8.15. The van der Waals surface area contributed by atoms with Crippen molar-refractivity contribution in [2.45, 2.75) is 44.1 Å². The van der Waals surface area contributed by atoms with E-state index in [1.54, 1.807) is 11.9 Å². The van der Waals surface area contributed by atoms with Crippen LogP contribution in [-0.4, -0.2) is 23.3 Å². The minimum atomic E-state index is 0.378. The molecule has 0 radical (unpaired) electrons. The van der Waals surface area contributed by atoms with E-state index in [0.717, 1.165) is 12.1 Å². The Morgan fingerprint density at radius 3 is 3.23 bits per heavy atom. The monoisotopic (exact) mass is 197 g/mol. The number of nitrogens with zero attached hydrogens (tertiary/aromatic N) is 1. The van der Waals surface area contributed by atoms with Crippen molar-refractivity contribution in [3.63, 3.8) is 0 Å². The molecule has 1 saturated heterocycles. The molecule has 3 unspecified atom stereocenters. The summed E-state index contributed by atoms with van der Waals surface area (Å²) in [4.78, 5) is 2.44. The van der Waals surface area contributed by atoms with Crippen molar-refractivity contribution in [2.75, 3.05) is 0 Å². The molecule has 3 nitrogen and oxygen atoms in total. The van der Waals surface area contributed by atoms with E-state index < -0.39 is 0 Å². The van der Waals surface area contributed by atoms with Crippen molar-refractivity contribution in [1.82, 2.24) is 14.9 Å². The van der Waals surface area contributed by atoms with Gasteiger partial charge in [-0.15, -0.1) is 0 Å². The zero-order valence-electron chi connectivity index (χ0n) is 7.57. The summed E-state index contributed by atoms with van der Waals surface area (Å²) in [6.07, 6.45) is 8.10. The van der Waals surface area contributed by atoms with Crippen LogP contribution < -0.4 is 10.0 Å². The van der Waals surface area contributed by atoms with Gasteiger partial charge in [-0.05, 0) is 24.8 Å². The molecule has 2 fully saturated rings. The van der Waals surface area contributed by atoms with E-state index in [0.29, 0.717) is 6.29 Å². The van der Waals surface area contributed by atoms with Crippen LogP contribution in [0.3, 0.4) is 0 Å². The van der Waals surface area contributed by atoms with Crippen molar-refractivity contribution >= 4 is 11.9 Å². The van der Waals surface area contributed by atoms with Gasteiger partial charge in [0.05, 0.1) is 0 Å². The van der Waals surface area contributed by atoms with Crippen LogP contribution in [0.1, 0.15) is 25.7 Å². The highest BCUT2D eigenvalue weighted by molar-refractivity contribution is 8.00. The Balaban J connectivity index is 1.82. The highest BCUT2D eigenvalue weighted by atomic mass is 32.2. The topological polar surface area (TPSA) is 27.3 Å². The maximum atomic E-state index is 3.64. The van der Waals surface area contributed by atoms with E-state index >= 15 is 0 Å². The van der Waals surface area contributed by atoms with E-state index in [1.165, 1.54) is 25.7 Å². The summed E-state index contributed by atoms with van der Waals surface area (Å²) in [5.74, 6) is 0. The predicted molar refractivity (Wildman–Crippen MR) is 54.7 cm³/mol.